The molecule has 1 atom stereocenters. The summed E-state index contributed by atoms with van der Waals surface area (Å²) >= 11 is 3.56. The SMILES string of the molecule is COc1ccc(C(C)(C)CNC2CCNC2)cc1Br. The van der Waals surface area contributed by atoms with Crippen LogP contribution in [-0.2, 0) is 5.41 Å². The lowest BCUT2D eigenvalue weighted by Crippen LogP contribution is -2.40. The van der Waals surface area contributed by atoms with Gasteiger partial charge in [0.15, 0.2) is 0 Å². The lowest BCUT2D eigenvalue weighted by Gasteiger charge is -2.28. The summed E-state index contributed by atoms with van der Waals surface area (Å²) in [7, 11) is 1.69. The molecule has 1 aliphatic heterocycles. The van der Waals surface area contributed by atoms with E-state index in [1.165, 1.54) is 12.0 Å². The van der Waals surface area contributed by atoms with Crippen LogP contribution in [0.5, 0.6) is 5.75 Å². The molecule has 0 aromatic heterocycles. The number of benzene rings is 1. The van der Waals surface area contributed by atoms with Crippen molar-refractivity contribution >= 4 is 15.9 Å². The molecule has 2 rings (SSSR count). The van der Waals surface area contributed by atoms with Gasteiger partial charge in [-0.1, -0.05) is 19.9 Å². The molecule has 0 aliphatic carbocycles. The van der Waals surface area contributed by atoms with Crippen LogP contribution >= 0.6 is 15.9 Å². The smallest absolute Gasteiger partial charge is 0.133 e. The van der Waals surface area contributed by atoms with Gasteiger partial charge in [0.05, 0.1) is 11.6 Å². The number of rotatable bonds is 5. The monoisotopic (exact) mass is 326 g/mol. The van der Waals surface area contributed by atoms with Gasteiger partial charge < -0.3 is 15.4 Å². The first-order valence-electron chi connectivity index (χ1n) is 6.81. The zero-order valence-corrected chi connectivity index (χ0v) is 13.5. The molecule has 4 heteroatoms. The van der Waals surface area contributed by atoms with E-state index in [1.54, 1.807) is 7.11 Å². The van der Waals surface area contributed by atoms with Crippen LogP contribution in [0.25, 0.3) is 0 Å². The van der Waals surface area contributed by atoms with Gasteiger partial charge in [-0.05, 0) is 46.6 Å². The van der Waals surface area contributed by atoms with Gasteiger partial charge in [0.25, 0.3) is 0 Å². The number of halogens is 1. The predicted molar refractivity (Wildman–Crippen MR) is 83.0 cm³/mol. The van der Waals surface area contributed by atoms with Gasteiger partial charge in [0.1, 0.15) is 5.75 Å². The van der Waals surface area contributed by atoms with Crippen molar-refractivity contribution in [1.29, 1.82) is 0 Å². The standard InChI is InChI=1S/C15H23BrN2O/c1-15(2,10-18-12-6-7-17-9-12)11-4-5-14(19-3)13(16)8-11/h4-5,8,12,17-18H,6-7,9-10H2,1-3H3. The quantitative estimate of drug-likeness (QED) is 0.872. The van der Waals surface area contributed by atoms with E-state index in [9.17, 15) is 0 Å². The van der Waals surface area contributed by atoms with Crippen LogP contribution in [0.15, 0.2) is 22.7 Å². The lowest BCUT2D eigenvalue weighted by molar-refractivity contribution is 0.408. The van der Waals surface area contributed by atoms with Crippen molar-refractivity contribution in [2.45, 2.75) is 31.7 Å². The highest BCUT2D eigenvalue weighted by Crippen LogP contribution is 2.31. The first-order chi connectivity index (χ1) is 9.03. The van der Waals surface area contributed by atoms with Crippen molar-refractivity contribution < 1.29 is 4.74 Å². The van der Waals surface area contributed by atoms with Gasteiger partial charge in [0.2, 0.25) is 0 Å². The van der Waals surface area contributed by atoms with E-state index in [4.69, 9.17) is 4.74 Å². The molecule has 2 N–H and O–H groups in total. The molecular formula is C15H23BrN2O. The Kier molecular flexibility index (Phi) is 4.87. The van der Waals surface area contributed by atoms with E-state index in [0.29, 0.717) is 6.04 Å². The minimum atomic E-state index is 0.109. The lowest BCUT2D eigenvalue weighted by atomic mass is 9.84. The first kappa shape index (κ1) is 14.8. The maximum atomic E-state index is 5.28. The second-order valence-electron chi connectivity index (χ2n) is 5.80. The molecule has 0 radical (unpaired) electrons. The molecular weight excluding hydrogens is 304 g/mol. The third-order valence-corrected chi connectivity index (χ3v) is 4.45. The Hall–Kier alpha value is -0.580. The Bertz CT molecular complexity index is 428. The van der Waals surface area contributed by atoms with E-state index >= 15 is 0 Å². The second kappa shape index (κ2) is 6.25. The van der Waals surface area contributed by atoms with Gasteiger partial charge in [-0.25, -0.2) is 0 Å². The van der Waals surface area contributed by atoms with Crippen molar-refractivity contribution in [3.05, 3.63) is 28.2 Å². The Morgan fingerprint density at radius 1 is 1.47 bits per heavy atom. The topological polar surface area (TPSA) is 33.3 Å². The summed E-state index contributed by atoms with van der Waals surface area (Å²) in [5, 5.41) is 7.05. The van der Waals surface area contributed by atoms with E-state index in [1.807, 2.05) is 6.07 Å². The fourth-order valence-electron chi connectivity index (χ4n) is 2.42. The number of methoxy groups -OCH3 is 1. The number of hydrogen-bond acceptors (Lipinski definition) is 3. The van der Waals surface area contributed by atoms with Crippen LogP contribution in [0.4, 0.5) is 0 Å². The van der Waals surface area contributed by atoms with Crippen LogP contribution in [0.2, 0.25) is 0 Å². The first-order valence-corrected chi connectivity index (χ1v) is 7.60. The molecule has 1 unspecified atom stereocenters. The third-order valence-electron chi connectivity index (χ3n) is 3.83. The molecule has 1 aliphatic rings. The fraction of sp³-hybridized carbons (Fsp3) is 0.600. The second-order valence-corrected chi connectivity index (χ2v) is 6.66. The average molecular weight is 327 g/mol. The van der Waals surface area contributed by atoms with E-state index < -0.39 is 0 Å². The Morgan fingerprint density at radius 3 is 2.84 bits per heavy atom. The molecule has 19 heavy (non-hydrogen) atoms. The number of ether oxygens (including phenoxy) is 1. The molecule has 1 saturated heterocycles. The van der Waals surface area contributed by atoms with Gasteiger partial charge in [0, 0.05) is 24.5 Å². The van der Waals surface area contributed by atoms with Crippen molar-refractivity contribution in [3.63, 3.8) is 0 Å². The maximum Gasteiger partial charge on any atom is 0.133 e. The van der Waals surface area contributed by atoms with Crippen LogP contribution < -0.4 is 15.4 Å². The summed E-state index contributed by atoms with van der Waals surface area (Å²) in [5.74, 6) is 0.882. The summed E-state index contributed by atoms with van der Waals surface area (Å²) in [4.78, 5) is 0. The number of hydrogen-bond donors (Lipinski definition) is 2. The zero-order valence-electron chi connectivity index (χ0n) is 11.9. The molecule has 1 fully saturated rings. The van der Waals surface area contributed by atoms with Crippen molar-refractivity contribution in [1.82, 2.24) is 10.6 Å². The highest BCUT2D eigenvalue weighted by atomic mass is 79.9. The van der Waals surface area contributed by atoms with Gasteiger partial charge in [-0.3, -0.25) is 0 Å². The molecule has 0 amide bonds. The molecule has 0 saturated carbocycles. The molecule has 1 aromatic rings. The third kappa shape index (κ3) is 3.71. The minimum absolute atomic E-state index is 0.109. The van der Waals surface area contributed by atoms with Crippen molar-refractivity contribution in [2.24, 2.45) is 0 Å². The highest BCUT2D eigenvalue weighted by Gasteiger charge is 2.24. The van der Waals surface area contributed by atoms with E-state index in [0.717, 1.165) is 29.9 Å². The molecule has 1 aromatic carbocycles. The van der Waals surface area contributed by atoms with Crippen LogP contribution in [-0.4, -0.2) is 32.8 Å². The van der Waals surface area contributed by atoms with E-state index in [-0.39, 0.29) is 5.41 Å². The Labute approximate surface area is 124 Å². The highest BCUT2D eigenvalue weighted by molar-refractivity contribution is 9.10. The maximum absolute atomic E-state index is 5.28. The normalized spacial score (nSPS) is 19.7. The van der Waals surface area contributed by atoms with Gasteiger partial charge >= 0.3 is 0 Å². The van der Waals surface area contributed by atoms with Gasteiger partial charge in [-0.15, -0.1) is 0 Å². The van der Waals surface area contributed by atoms with Crippen LogP contribution in [0.3, 0.4) is 0 Å². The molecule has 0 spiro atoms. The van der Waals surface area contributed by atoms with E-state index in [2.05, 4.69) is 52.5 Å². The Morgan fingerprint density at radius 2 is 2.26 bits per heavy atom. The van der Waals surface area contributed by atoms with Crippen molar-refractivity contribution in [2.75, 3.05) is 26.7 Å². The minimum Gasteiger partial charge on any atom is -0.496 e. The molecule has 106 valence electrons. The largest absolute Gasteiger partial charge is 0.496 e. The average Bonchev–Trinajstić information content (AvgIpc) is 2.89. The summed E-state index contributed by atoms with van der Waals surface area (Å²) in [6.45, 7) is 7.75. The van der Waals surface area contributed by atoms with Crippen molar-refractivity contribution in [3.8, 4) is 5.75 Å². The number of nitrogens with one attached hydrogen (secondary N) is 2. The molecule has 0 bridgehead atoms. The van der Waals surface area contributed by atoms with Crippen LogP contribution in [0, 0.1) is 0 Å². The summed E-state index contributed by atoms with van der Waals surface area (Å²) in [6, 6.07) is 6.95. The van der Waals surface area contributed by atoms with Gasteiger partial charge in [-0.2, -0.15) is 0 Å². The predicted octanol–water partition coefficient (Wildman–Crippen LogP) is 2.69. The Balaban J connectivity index is 2.03. The summed E-state index contributed by atoms with van der Waals surface area (Å²) in [5.41, 5.74) is 1.43. The molecule has 3 nitrogen and oxygen atoms in total. The van der Waals surface area contributed by atoms with Crippen LogP contribution in [0.1, 0.15) is 25.8 Å². The molecule has 1 heterocycles. The summed E-state index contributed by atoms with van der Waals surface area (Å²) < 4.78 is 6.30. The zero-order chi connectivity index (χ0) is 13.9. The summed E-state index contributed by atoms with van der Waals surface area (Å²) in [6.07, 6.45) is 1.22. The fourth-order valence-corrected chi connectivity index (χ4v) is 2.96.